The van der Waals surface area contributed by atoms with Crippen LogP contribution in [-0.2, 0) is 6.42 Å². The minimum atomic E-state index is 0.881. The highest BCUT2D eigenvalue weighted by molar-refractivity contribution is 6.29. The summed E-state index contributed by atoms with van der Waals surface area (Å²) in [6, 6.07) is 75.6. The van der Waals surface area contributed by atoms with Crippen molar-refractivity contribution in [1.82, 2.24) is 9.13 Å². The second-order valence-electron chi connectivity index (χ2n) is 15.2. The number of para-hydroxylation sites is 2. The van der Waals surface area contributed by atoms with Gasteiger partial charge >= 0.3 is 0 Å². The molecule has 266 valence electrons. The van der Waals surface area contributed by atoms with Crippen molar-refractivity contribution >= 4 is 43.6 Å². The maximum absolute atomic E-state index is 2.53. The van der Waals surface area contributed by atoms with Gasteiger partial charge in [0.15, 0.2) is 0 Å². The monoisotopic (exact) mass is 724 g/mol. The molecule has 0 amide bonds. The lowest BCUT2D eigenvalue weighted by Crippen LogP contribution is -1.99. The number of benzene rings is 9. The summed E-state index contributed by atoms with van der Waals surface area (Å²) in [4.78, 5) is 0. The average molecular weight is 725 g/mol. The van der Waals surface area contributed by atoms with E-state index in [0.29, 0.717) is 0 Å². The summed E-state index contributed by atoms with van der Waals surface area (Å²) in [6.45, 7) is 0. The maximum Gasteiger partial charge on any atom is 0.0549 e. The molecular formula is C55H36N2. The van der Waals surface area contributed by atoms with Crippen LogP contribution in [0.1, 0.15) is 11.1 Å². The Labute approximate surface area is 331 Å². The molecular weight excluding hydrogens is 689 g/mol. The van der Waals surface area contributed by atoms with Gasteiger partial charge in [-0.2, -0.15) is 0 Å². The van der Waals surface area contributed by atoms with Gasteiger partial charge in [0, 0.05) is 33.7 Å². The average Bonchev–Trinajstić information content (AvgIpc) is 3.95. The molecule has 2 heteroatoms. The summed E-state index contributed by atoms with van der Waals surface area (Å²) in [5.41, 5.74) is 20.2. The topological polar surface area (TPSA) is 9.86 Å². The molecule has 0 bridgehead atoms. The van der Waals surface area contributed by atoms with Crippen LogP contribution in [0.25, 0.3) is 99.5 Å². The Morgan fingerprint density at radius 2 is 0.737 bits per heavy atom. The van der Waals surface area contributed by atoms with E-state index < -0.39 is 0 Å². The molecule has 0 saturated heterocycles. The van der Waals surface area contributed by atoms with Crippen molar-refractivity contribution in [2.45, 2.75) is 6.42 Å². The molecule has 0 spiro atoms. The highest BCUT2D eigenvalue weighted by Gasteiger charge is 2.27. The summed E-state index contributed by atoms with van der Waals surface area (Å²) in [5, 5.41) is 5.13. The van der Waals surface area contributed by atoms with E-state index in [1.807, 2.05) is 0 Å². The molecule has 1 aliphatic carbocycles. The van der Waals surface area contributed by atoms with Crippen LogP contribution < -0.4 is 0 Å². The summed E-state index contributed by atoms with van der Waals surface area (Å²) in [5.74, 6) is 0. The summed E-state index contributed by atoms with van der Waals surface area (Å²) in [7, 11) is 0. The first-order chi connectivity index (χ1) is 28.3. The minimum Gasteiger partial charge on any atom is -0.309 e. The van der Waals surface area contributed by atoms with Gasteiger partial charge in [-0.05, 0) is 98.1 Å². The van der Waals surface area contributed by atoms with E-state index in [4.69, 9.17) is 0 Å². The van der Waals surface area contributed by atoms with Gasteiger partial charge in [-0.25, -0.2) is 0 Å². The standard InChI is InChI=1S/C55H36N2/c1-3-13-36(14-4-1)38-25-27-40(28-26-38)42-19-11-20-43-44-21-12-24-51(48(44)35-47(42)43)57-50-23-10-8-18-46(50)55-53(57)34-33-52-54(55)45-17-7-9-22-49(45)56(52)41-31-29-39(30-32-41)37-15-5-2-6-16-37/h1-34H,35H2. The van der Waals surface area contributed by atoms with Gasteiger partial charge in [0.05, 0.1) is 27.8 Å². The third kappa shape index (κ3) is 4.84. The number of hydrogen-bond donors (Lipinski definition) is 0. The lowest BCUT2D eigenvalue weighted by molar-refractivity contribution is 1.12. The van der Waals surface area contributed by atoms with Crippen molar-refractivity contribution in [1.29, 1.82) is 0 Å². The fourth-order valence-electron chi connectivity index (χ4n) is 9.66. The smallest absolute Gasteiger partial charge is 0.0549 e. The summed E-state index contributed by atoms with van der Waals surface area (Å²) >= 11 is 0. The first-order valence-corrected chi connectivity index (χ1v) is 19.8. The predicted octanol–water partition coefficient (Wildman–Crippen LogP) is 14.5. The zero-order valence-electron chi connectivity index (χ0n) is 31.2. The Morgan fingerprint density at radius 1 is 0.281 bits per heavy atom. The Kier molecular flexibility index (Phi) is 7.02. The molecule has 12 rings (SSSR count). The highest BCUT2D eigenvalue weighted by atomic mass is 15.0. The molecule has 0 N–H and O–H groups in total. The van der Waals surface area contributed by atoms with Crippen LogP contribution in [0.2, 0.25) is 0 Å². The largest absolute Gasteiger partial charge is 0.309 e. The first-order valence-electron chi connectivity index (χ1n) is 19.8. The summed E-state index contributed by atoms with van der Waals surface area (Å²) in [6.07, 6.45) is 0.881. The zero-order valence-corrected chi connectivity index (χ0v) is 31.2. The van der Waals surface area contributed by atoms with Crippen LogP contribution in [0.5, 0.6) is 0 Å². The zero-order chi connectivity index (χ0) is 37.5. The SMILES string of the molecule is c1ccc(-c2ccc(-c3cccc4c3Cc3c-4cccc3-n3c4ccccc4c4c5c6ccccc6n(-c6ccc(-c7ccccc7)cc6)c5ccc43)cc2)cc1. The molecule has 0 saturated carbocycles. The van der Waals surface area contributed by atoms with Crippen LogP contribution in [0.3, 0.4) is 0 Å². The van der Waals surface area contributed by atoms with E-state index in [2.05, 4.69) is 215 Å². The van der Waals surface area contributed by atoms with E-state index in [-0.39, 0.29) is 0 Å². The third-order valence-corrected chi connectivity index (χ3v) is 12.2. The lowest BCUT2D eigenvalue weighted by atomic mass is 9.94. The number of nitrogens with zero attached hydrogens (tertiary/aromatic N) is 2. The van der Waals surface area contributed by atoms with Crippen molar-refractivity contribution in [3.63, 3.8) is 0 Å². The van der Waals surface area contributed by atoms with Crippen LogP contribution >= 0.6 is 0 Å². The predicted molar refractivity (Wildman–Crippen MR) is 240 cm³/mol. The van der Waals surface area contributed by atoms with Gasteiger partial charge in [-0.3, -0.25) is 0 Å². The molecule has 2 heterocycles. The Hall–Kier alpha value is -7.42. The van der Waals surface area contributed by atoms with Gasteiger partial charge < -0.3 is 9.13 Å². The van der Waals surface area contributed by atoms with E-state index in [1.54, 1.807) is 0 Å². The number of fused-ring (bicyclic) bond motifs is 10. The van der Waals surface area contributed by atoms with Gasteiger partial charge in [0.2, 0.25) is 0 Å². The van der Waals surface area contributed by atoms with Gasteiger partial charge in [-0.1, -0.05) is 164 Å². The lowest BCUT2D eigenvalue weighted by Gasteiger charge is -2.13. The highest BCUT2D eigenvalue weighted by Crippen LogP contribution is 2.47. The van der Waals surface area contributed by atoms with Gasteiger partial charge in [-0.15, -0.1) is 0 Å². The third-order valence-electron chi connectivity index (χ3n) is 12.2. The Morgan fingerprint density at radius 3 is 1.37 bits per heavy atom. The first kappa shape index (κ1) is 31.9. The molecule has 57 heavy (non-hydrogen) atoms. The molecule has 11 aromatic rings. The molecule has 2 aromatic heterocycles. The van der Waals surface area contributed by atoms with Crippen LogP contribution in [0.15, 0.2) is 206 Å². The summed E-state index contributed by atoms with van der Waals surface area (Å²) < 4.78 is 4.97. The molecule has 0 radical (unpaired) electrons. The molecule has 1 aliphatic rings. The molecule has 0 fully saturated rings. The van der Waals surface area contributed by atoms with Crippen LogP contribution in [0, 0.1) is 0 Å². The van der Waals surface area contributed by atoms with Gasteiger partial charge in [0.1, 0.15) is 0 Å². The second kappa shape index (κ2) is 12.6. The normalized spacial score (nSPS) is 12.1. The second-order valence-corrected chi connectivity index (χ2v) is 15.2. The van der Waals surface area contributed by atoms with Crippen LogP contribution in [0.4, 0.5) is 0 Å². The number of aromatic nitrogens is 2. The molecule has 9 aromatic carbocycles. The van der Waals surface area contributed by atoms with Crippen molar-refractivity contribution < 1.29 is 0 Å². The van der Waals surface area contributed by atoms with Crippen molar-refractivity contribution in [2.24, 2.45) is 0 Å². The molecule has 0 aliphatic heterocycles. The molecule has 2 nitrogen and oxygen atoms in total. The van der Waals surface area contributed by atoms with E-state index in [0.717, 1.165) is 12.1 Å². The number of hydrogen-bond acceptors (Lipinski definition) is 0. The van der Waals surface area contributed by atoms with E-state index in [1.165, 1.54) is 105 Å². The molecule has 0 atom stereocenters. The fourth-order valence-corrected chi connectivity index (χ4v) is 9.66. The number of rotatable bonds is 5. The molecule has 0 unspecified atom stereocenters. The maximum atomic E-state index is 2.53. The Balaban J connectivity index is 1.03. The van der Waals surface area contributed by atoms with E-state index in [9.17, 15) is 0 Å². The van der Waals surface area contributed by atoms with E-state index >= 15 is 0 Å². The van der Waals surface area contributed by atoms with Gasteiger partial charge in [0.25, 0.3) is 0 Å². The van der Waals surface area contributed by atoms with Crippen LogP contribution in [-0.4, -0.2) is 9.13 Å². The quantitative estimate of drug-likeness (QED) is 0.167. The van der Waals surface area contributed by atoms with Crippen molar-refractivity contribution in [3.8, 4) is 55.9 Å². The van der Waals surface area contributed by atoms with Crippen molar-refractivity contribution in [3.05, 3.63) is 217 Å². The fraction of sp³-hybridized carbons (Fsp3) is 0.0182. The Bertz CT molecular complexity index is 3330. The van der Waals surface area contributed by atoms with Crippen molar-refractivity contribution in [2.75, 3.05) is 0 Å². The minimum absolute atomic E-state index is 0.881.